The Morgan fingerprint density at radius 2 is 1.78 bits per heavy atom. The van der Waals surface area contributed by atoms with E-state index in [1.165, 1.54) is 24.9 Å². The zero-order valence-corrected chi connectivity index (χ0v) is 15.8. The summed E-state index contributed by atoms with van der Waals surface area (Å²) < 4.78 is 0. The number of hydrogen-bond acceptors (Lipinski definition) is 4. The van der Waals surface area contributed by atoms with Crippen molar-refractivity contribution in [1.29, 1.82) is 0 Å². The van der Waals surface area contributed by atoms with Gasteiger partial charge in [-0.25, -0.2) is 9.59 Å². The van der Waals surface area contributed by atoms with Crippen LogP contribution in [-0.4, -0.2) is 53.1 Å². The summed E-state index contributed by atoms with van der Waals surface area (Å²) in [4.78, 5) is 33.3. The van der Waals surface area contributed by atoms with E-state index in [4.69, 9.17) is 10.2 Å². The number of carbonyl (C=O) groups is 3. The summed E-state index contributed by atoms with van der Waals surface area (Å²) in [6, 6.07) is 10.5. The predicted octanol–water partition coefficient (Wildman–Crippen LogP) is 2.31. The monoisotopic (exact) mass is 376 g/mol. The van der Waals surface area contributed by atoms with E-state index in [2.05, 4.69) is 29.4 Å². The number of rotatable bonds is 6. The molecule has 1 heterocycles. The Balaban J connectivity index is 0.000000387. The average Bonchev–Trinajstić information content (AvgIpc) is 2.65. The standard InChI is InChI=1S/C16H24N2O.C4H4O4/c1-3-15(19)17-16(13-8-5-4-6-9-13)14-10-7-11-18(2)12-14;5-3(6)1-2-4(7)8/h4-6,8-9,14,16H,3,7,10-12H2,1-2H3,(H,17,19);1-2H,(H,5,6)(H,7,8)/b;2-1+. The van der Waals surface area contributed by atoms with Gasteiger partial charge in [-0.15, -0.1) is 0 Å². The van der Waals surface area contributed by atoms with Gasteiger partial charge in [-0.05, 0) is 37.9 Å². The molecule has 7 heteroatoms. The lowest BCUT2D eigenvalue weighted by atomic mass is 9.86. The first-order chi connectivity index (χ1) is 12.8. The van der Waals surface area contributed by atoms with Crippen molar-refractivity contribution in [1.82, 2.24) is 10.2 Å². The smallest absolute Gasteiger partial charge is 0.328 e. The van der Waals surface area contributed by atoms with Gasteiger partial charge in [0.1, 0.15) is 0 Å². The molecular formula is C20H28N2O5. The topological polar surface area (TPSA) is 107 Å². The molecule has 0 aliphatic carbocycles. The van der Waals surface area contributed by atoms with Crippen LogP contribution in [0.25, 0.3) is 0 Å². The Morgan fingerprint density at radius 3 is 2.26 bits per heavy atom. The Morgan fingerprint density at radius 1 is 1.19 bits per heavy atom. The Bertz CT molecular complexity index is 629. The molecule has 1 saturated heterocycles. The number of nitrogens with zero attached hydrogens (tertiary/aromatic N) is 1. The maximum Gasteiger partial charge on any atom is 0.328 e. The lowest BCUT2D eigenvalue weighted by molar-refractivity contribution is -0.134. The summed E-state index contributed by atoms with van der Waals surface area (Å²) in [6.45, 7) is 4.13. The largest absolute Gasteiger partial charge is 0.478 e. The average molecular weight is 376 g/mol. The third-order valence-corrected chi connectivity index (χ3v) is 4.30. The summed E-state index contributed by atoms with van der Waals surface area (Å²) >= 11 is 0. The number of benzene rings is 1. The van der Waals surface area contributed by atoms with Crippen LogP contribution in [0.3, 0.4) is 0 Å². The molecule has 1 aromatic carbocycles. The zero-order chi connectivity index (χ0) is 20.2. The second kappa shape index (κ2) is 11.9. The van der Waals surface area contributed by atoms with Crippen molar-refractivity contribution < 1.29 is 24.6 Å². The van der Waals surface area contributed by atoms with E-state index in [-0.39, 0.29) is 11.9 Å². The highest BCUT2D eigenvalue weighted by atomic mass is 16.4. The van der Waals surface area contributed by atoms with Crippen LogP contribution in [0, 0.1) is 5.92 Å². The van der Waals surface area contributed by atoms with E-state index in [1.54, 1.807) is 0 Å². The molecule has 7 nitrogen and oxygen atoms in total. The number of carboxylic acid groups (broad SMARTS) is 2. The molecule has 1 fully saturated rings. The highest BCUT2D eigenvalue weighted by Gasteiger charge is 2.27. The molecule has 2 atom stereocenters. The van der Waals surface area contributed by atoms with Crippen LogP contribution < -0.4 is 5.32 Å². The first-order valence-corrected chi connectivity index (χ1v) is 9.00. The number of amides is 1. The van der Waals surface area contributed by atoms with Crippen molar-refractivity contribution in [2.24, 2.45) is 5.92 Å². The number of nitrogens with one attached hydrogen (secondary N) is 1. The number of carboxylic acids is 2. The van der Waals surface area contributed by atoms with Gasteiger partial charge in [0, 0.05) is 25.1 Å². The molecule has 1 aromatic rings. The zero-order valence-electron chi connectivity index (χ0n) is 15.8. The normalized spacial score (nSPS) is 18.2. The van der Waals surface area contributed by atoms with E-state index >= 15 is 0 Å². The predicted molar refractivity (Wildman–Crippen MR) is 102 cm³/mol. The molecule has 0 saturated carbocycles. The van der Waals surface area contributed by atoms with Gasteiger partial charge in [-0.1, -0.05) is 37.3 Å². The van der Waals surface area contributed by atoms with Crippen molar-refractivity contribution in [3.05, 3.63) is 48.0 Å². The van der Waals surface area contributed by atoms with Crippen LogP contribution >= 0.6 is 0 Å². The molecular weight excluding hydrogens is 348 g/mol. The van der Waals surface area contributed by atoms with E-state index < -0.39 is 11.9 Å². The van der Waals surface area contributed by atoms with Crippen molar-refractivity contribution in [3.63, 3.8) is 0 Å². The molecule has 1 aliphatic rings. The quantitative estimate of drug-likeness (QED) is 0.658. The Kier molecular flexibility index (Phi) is 9.82. The molecule has 1 aliphatic heterocycles. The molecule has 0 radical (unpaired) electrons. The maximum atomic E-state index is 11.8. The molecule has 148 valence electrons. The van der Waals surface area contributed by atoms with E-state index in [1.807, 2.05) is 25.1 Å². The van der Waals surface area contributed by atoms with Crippen LogP contribution in [0.2, 0.25) is 0 Å². The third-order valence-electron chi connectivity index (χ3n) is 4.30. The van der Waals surface area contributed by atoms with Crippen molar-refractivity contribution in [2.45, 2.75) is 32.2 Å². The third kappa shape index (κ3) is 9.01. The van der Waals surface area contributed by atoms with Crippen LogP contribution in [0.1, 0.15) is 37.8 Å². The molecule has 27 heavy (non-hydrogen) atoms. The van der Waals surface area contributed by atoms with E-state index in [0.717, 1.165) is 6.54 Å². The second-order valence-electron chi connectivity index (χ2n) is 6.48. The first-order valence-electron chi connectivity index (χ1n) is 9.00. The van der Waals surface area contributed by atoms with Gasteiger partial charge in [0.05, 0.1) is 6.04 Å². The number of carbonyl (C=O) groups excluding carboxylic acids is 1. The highest BCUT2D eigenvalue weighted by Crippen LogP contribution is 2.29. The molecule has 2 rings (SSSR count). The van der Waals surface area contributed by atoms with Gasteiger partial charge < -0.3 is 20.4 Å². The molecule has 0 spiro atoms. The van der Waals surface area contributed by atoms with E-state index in [9.17, 15) is 14.4 Å². The van der Waals surface area contributed by atoms with Crippen LogP contribution in [0.4, 0.5) is 0 Å². The maximum absolute atomic E-state index is 11.8. The van der Waals surface area contributed by atoms with Crippen LogP contribution in [0.5, 0.6) is 0 Å². The molecule has 0 aromatic heterocycles. The Labute approximate surface area is 159 Å². The van der Waals surface area contributed by atoms with Crippen molar-refractivity contribution in [2.75, 3.05) is 20.1 Å². The molecule has 1 amide bonds. The minimum absolute atomic E-state index is 0.141. The fourth-order valence-corrected chi connectivity index (χ4v) is 3.03. The van der Waals surface area contributed by atoms with Gasteiger partial charge in [0.15, 0.2) is 0 Å². The number of aliphatic carboxylic acids is 2. The SMILES string of the molecule is CCC(=O)NC(c1ccccc1)C1CCCN(C)C1.O=C(O)/C=C/C(=O)O. The fraction of sp³-hybridized carbons (Fsp3) is 0.450. The van der Waals surface area contributed by atoms with Crippen LogP contribution in [0.15, 0.2) is 42.5 Å². The van der Waals surface area contributed by atoms with Crippen molar-refractivity contribution in [3.8, 4) is 0 Å². The summed E-state index contributed by atoms with van der Waals surface area (Å²) in [5, 5.41) is 18.8. The summed E-state index contributed by atoms with van der Waals surface area (Å²) in [5.74, 6) is -1.86. The minimum atomic E-state index is -1.26. The van der Waals surface area contributed by atoms with Gasteiger partial charge in [-0.2, -0.15) is 0 Å². The first kappa shape index (κ1) is 22.4. The minimum Gasteiger partial charge on any atom is -0.478 e. The number of piperidine rings is 1. The molecule has 3 N–H and O–H groups in total. The van der Waals surface area contributed by atoms with Gasteiger partial charge in [-0.3, -0.25) is 4.79 Å². The van der Waals surface area contributed by atoms with Gasteiger partial charge >= 0.3 is 11.9 Å². The molecule has 0 bridgehead atoms. The van der Waals surface area contributed by atoms with Gasteiger partial charge in [0.25, 0.3) is 0 Å². The summed E-state index contributed by atoms with van der Waals surface area (Å²) in [5.41, 5.74) is 1.23. The Hall–Kier alpha value is -2.67. The second-order valence-corrected chi connectivity index (χ2v) is 6.48. The lowest BCUT2D eigenvalue weighted by Gasteiger charge is -2.35. The summed E-state index contributed by atoms with van der Waals surface area (Å²) in [6.07, 6.45) is 4.07. The van der Waals surface area contributed by atoms with Gasteiger partial charge in [0.2, 0.25) is 5.91 Å². The fourth-order valence-electron chi connectivity index (χ4n) is 3.03. The van der Waals surface area contributed by atoms with Crippen molar-refractivity contribution >= 4 is 17.8 Å². The van der Waals surface area contributed by atoms with Crippen LogP contribution in [-0.2, 0) is 14.4 Å². The van der Waals surface area contributed by atoms with E-state index in [0.29, 0.717) is 24.5 Å². The number of likely N-dealkylation sites (tertiary alicyclic amines) is 1. The molecule has 2 unspecified atom stereocenters. The summed E-state index contributed by atoms with van der Waals surface area (Å²) in [7, 11) is 2.16. The highest BCUT2D eigenvalue weighted by molar-refractivity contribution is 5.89. The number of hydrogen-bond donors (Lipinski definition) is 3. The lowest BCUT2D eigenvalue weighted by Crippen LogP contribution is -2.41.